The van der Waals surface area contributed by atoms with Gasteiger partial charge in [-0.05, 0) is 61.0 Å². The summed E-state index contributed by atoms with van der Waals surface area (Å²) in [6, 6.07) is 16.7. The number of hydrogen-bond donors (Lipinski definition) is 0. The second-order valence-corrected chi connectivity index (χ2v) is 7.39. The number of thioether (sulfide) groups is 2. The number of nitriles is 1. The van der Waals surface area contributed by atoms with Gasteiger partial charge in [0.15, 0.2) is 0 Å². The molecule has 0 spiro atoms. The minimum Gasteiger partial charge on any atom is -0.267 e. The Bertz CT molecular complexity index is 1040. The van der Waals surface area contributed by atoms with Gasteiger partial charge in [0.05, 0.1) is 5.69 Å². The van der Waals surface area contributed by atoms with Crippen LogP contribution in [-0.4, -0.2) is 22.1 Å². The summed E-state index contributed by atoms with van der Waals surface area (Å²) in [5.41, 5.74) is 1.08. The summed E-state index contributed by atoms with van der Waals surface area (Å²) in [6.07, 6.45) is 3.79. The highest BCUT2D eigenvalue weighted by Gasteiger charge is 2.18. The van der Waals surface area contributed by atoms with E-state index < -0.39 is 0 Å². The molecule has 0 saturated carbocycles. The van der Waals surface area contributed by atoms with Crippen molar-refractivity contribution < 1.29 is 0 Å². The molecular formula is C19H14ClN3OS2. The van der Waals surface area contributed by atoms with Crippen LogP contribution in [0.3, 0.4) is 0 Å². The highest BCUT2D eigenvalue weighted by Crippen LogP contribution is 2.26. The standard InChI is InChI=1S/C19H14ClN3OS2/c1-25-15-9-7-14(8-10-15)23-17(12-3-5-13(20)6-4-12)22-18(26-2)16(11-21)19(23)24/h3-10H,1-2H3. The van der Waals surface area contributed by atoms with Gasteiger partial charge >= 0.3 is 0 Å². The molecule has 0 aliphatic rings. The van der Waals surface area contributed by atoms with E-state index in [1.807, 2.05) is 48.7 Å². The normalized spacial score (nSPS) is 10.5. The van der Waals surface area contributed by atoms with E-state index in [1.54, 1.807) is 30.2 Å². The van der Waals surface area contributed by atoms with E-state index in [1.165, 1.54) is 16.3 Å². The van der Waals surface area contributed by atoms with E-state index >= 15 is 0 Å². The van der Waals surface area contributed by atoms with Gasteiger partial charge in [-0.3, -0.25) is 9.36 Å². The summed E-state index contributed by atoms with van der Waals surface area (Å²) >= 11 is 8.89. The number of rotatable bonds is 4. The largest absolute Gasteiger partial charge is 0.277 e. The van der Waals surface area contributed by atoms with Crippen LogP contribution in [0.1, 0.15) is 5.56 Å². The highest BCUT2D eigenvalue weighted by molar-refractivity contribution is 7.98. The molecular weight excluding hydrogens is 386 g/mol. The lowest BCUT2D eigenvalue weighted by Crippen LogP contribution is -2.25. The predicted molar refractivity (Wildman–Crippen MR) is 109 cm³/mol. The maximum absolute atomic E-state index is 13.1. The number of benzene rings is 2. The molecule has 0 radical (unpaired) electrons. The van der Waals surface area contributed by atoms with Gasteiger partial charge in [-0.25, -0.2) is 4.98 Å². The first kappa shape index (κ1) is 18.6. The quantitative estimate of drug-likeness (QED) is 0.462. The molecule has 0 atom stereocenters. The number of hydrogen-bond acceptors (Lipinski definition) is 5. The van der Waals surface area contributed by atoms with Crippen LogP contribution in [0.25, 0.3) is 17.1 Å². The van der Waals surface area contributed by atoms with Gasteiger partial charge in [0.2, 0.25) is 0 Å². The molecule has 1 aromatic heterocycles. The van der Waals surface area contributed by atoms with Crippen LogP contribution < -0.4 is 5.56 Å². The molecule has 0 unspecified atom stereocenters. The first-order valence-electron chi connectivity index (χ1n) is 7.60. The Morgan fingerprint density at radius 1 is 1.04 bits per heavy atom. The first-order chi connectivity index (χ1) is 12.6. The van der Waals surface area contributed by atoms with Crippen molar-refractivity contribution in [3.05, 3.63) is 69.5 Å². The summed E-state index contributed by atoms with van der Waals surface area (Å²) < 4.78 is 1.48. The van der Waals surface area contributed by atoms with Crippen LogP contribution in [-0.2, 0) is 0 Å². The SMILES string of the molecule is CSc1ccc(-n2c(-c3ccc(Cl)cc3)nc(SC)c(C#N)c2=O)cc1. The van der Waals surface area contributed by atoms with Crippen molar-refractivity contribution >= 4 is 35.1 Å². The Hall–Kier alpha value is -2.20. The third-order valence-corrected chi connectivity index (χ3v) is 5.47. The van der Waals surface area contributed by atoms with E-state index in [0.717, 1.165) is 10.5 Å². The molecule has 26 heavy (non-hydrogen) atoms. The lowest BCUT2D eigenvalue weighted by Gasteiger charge is -2.15. The van der Waals surface area contributed by atoms with Crippen molar-refractivity contribution in [1.82, 2.24) is 9.55 Å². The Kier molecular flexibility index (Phi) is 5.72. The fraction of sp³-hybridized carbons (Fsp3) is 0.105. The molecule has 3 rings (SSSR count). The van der Waals surface area contributed by atoms with Gasteiger partial charge < -0.3 is 0 Å². The minimum absolute atomic E-state index is 0.0455. The average molecular weight is 400 g/mol. The zero-order valence-electron chi connectivity index (χ0n) is 14.1. The topological polar surface area (TPSA) is 58.7 Å². The molecule has 4 nitrogen and oxygen atoms in total. The fourth-order valence-electron chi connectivity index (χ4n) is 2.51. The van der Waals surface area contributed by atoms with Crippen LogP contribution in [0, 0.1) is 11.3 Å². The monoisotopic (exact) mass is 399 g/mol. The molecule has 3 aromatic rings. The number of nitrogens with zero attached hydrogens (tertiary/aromatic N) is 3. The van der Waals surface area contributed by atoms with Gasteiger partial charge in [-0.15, -0.1) is 23.5 Å². The van der Waals surface area contributed by atoms with Crippen molar-refractivity contribution in [2.24, 2.45) is 0 Å². The average Bonchev–Trinajstić information content (AvgIpc) is 2.68. The van der Waals surface area contributed by atoms with E-state index in [2.05, 4.69) is 4.98 Å². The van der Waals surface area contributed by atoms with Crippen LogP contribution in [0.2, 0.25) is 5.02 Å². The molecule has 0 fully saturated rings. The first-order valence-corrected chi connectivity index (χ1v) is 10.4. The summed E-state index contributed by atoms with van der Waals surface area (Å²) in [4.78, 5) is 18.7. The second kappa shape index (κ2) is 8.00. The van der Waals surface area contributed by atoms with E-state index in [4.69, 9.17) is 11.6 Å². The van der Waals surface area contributed by atoms with Gasteiger partial charge in [0.1, 0.15) is 22.5 Å². The zero-order chi connectivity index (χ0) is 18.7. The molecule has 0 aliphatic carbocycles. The molecule has 0 amide bonds. The second-order valence-electron chi connectivity index (χ2n) is 5.28. The van der Waals surface area contributed by atoms with E-state index in [-0.39, 0.29) is 11.1 Å². The Balaban J connectivity index is 2.34. The van der Waals surface area contributed by atoms with Crippen molar-refractivity contribution in [1.29, 1.82) is 5.26 Å². The maximum atomic E-state index is 13.1. The molecule has 2 aromatic carbocycles. The van der Waals surface area contributed by atoms with Crippen molar-refractivity contribution in [2.75, 3.05) is 12.5 Å². The molecule has 0 bridgehead atoms. The van der Waals surface area contributed by atoms with Crippen LogP contribution in [0.15, 0.2) is 63.2 Å². The minimum atomic E-state index is -0.381. The smallest absolute Gasteiger partial charge is 0.267 e. The Labute approximate surface area is 164 Å². The van der Waals surface area contributed by atoms with E-state index in [9.17, 15) is 10.1 Å². The van der Waals surface area contributed by atoms with Crippen molar-refractivity contribution in [3.63, 3.8) is 0 Å². The Morgan fingerprint density at radius 3 is 2.23 bits per heavy atom. The third kappa shape index (κ3) is 3.51. The molecule has 1 heterocycles. The van der Waals surface area contributed by atoms with E-state index in [0.29, 0.717) is 21.6 Å². The van der Waals surface area contributed by atoms with Crippen molar-refractivity contribution in [2.45, 2.75) is 9.92 Å². The third-order valence-electron chi connectivity index (χ3n) is 3.79. The summed E-state index contributed by atoms with van der Waals surface area (Å²) in [6.45, 7) is 0. The van der Waals surface area contributed by atoms with Gasteiger partial charge in [0, 0.05) is 15.5 Å². The Morgan fingerprint density at radius 2 is 1.69 bits per heavy atom. The van der Waals surface area contributed by atoms with Crippen LogP contribution in [0.5, 0.6) is 0 Å². The van der Waals surface area contributed by atoms with Crippen LogP contribution >= 0.6 is 35.1 Å². The number of aromatic nitrogens is 2. The summed E-state index contributed by atoms with van der Waals surface area (Å²) in [7, 11) is 0. The predicted octanol–water partition coefficient (Wildman–Crippen LogP) is 4.87. The summed E-state index contributed by atoms with van der Waals surface area (Å²) in [5.74, 6) is 0.479. The lowest BCUT2D eigenvalue weighted by atomic mass is 10.2. The van der Waals surface area contributed by atoms with Crippen LogP contribution in [0.4, 0.5) is 0 Å². The maximum Gasteiger partial charge on any atom is 0.277 e. The fourth-order valence-corrected chi connectivity index (χ4v) is 3.56. The lowest BCUT2D eigenvalue weighted by molar-refractivity contribution is 0.892. The molecule has 130 valence electrons. The molecule has 0 N–H and O–H groups in total. The zero-order valence-corrected chi connectivity index (χ0v) is 16.5. The molecule has 0 saturated heterocycles. The molecule has 0 aliphatic heterocycles. The van der Waals surface area contributed by atoms with Gasteiger partial charge in [-0.1, -0.05) is 11.6 Å². The summed E-state index contributed by atoms with van der Waals surface area (Å²) in [5, 5.41) is 10.5. The molecule has 7 heteroatoms. The van der Waals surface area contributed by atoms with Crippen molar-refractivity contribution in [3.8, 4) is 23.1 Å². The van der Waals surface area contributed by atoms with Gasteiger partial charge in [-0.2, -0.15) is 5.26 Å². The number of halogens is 1. The highest BCUT2D eigenvalue weighted by atomic mass is 35.5. The van der Waals surface area contributed by atoms with Gasteiger partial charge in [0.25, 0.3) is 5.56 Å².